The minimum Gasteiger partial charge on any atom is -0.330 e. The number of hydrogen-bond acceptors (Lipinski definition) is 2. The van der Waals surface area contributed by atoms with Crippen LogP contribution in [-0.4, -0.2) is 16.1 Å². The molecule has 2 aromatic heterocycles. The molecule has 3 rings (SSSR count). The first kappa shape index (κ1) is 17.8. The Hall–Kier alpha value is -1.29. The molecule has 0 spiro atoms. The van der Waals surface area contributed by atoms with Crippen LogP contribution in [0.2, 0.25) is 0 Å². The summed E-state index contributed by atoms with van der Waals surface area (Å²) < 4.78 is 2.30. The first-order chi connectivity index (χ1) is 9.22. The zero-order valence-corrected chi connectivity index (χ0v) is 13.9. The predicted molar refractivity (Wildman–Crippen MR) is 94.9 cm³/mol. The van der Waals surface area contributed by atoms with E-state index < -0.39 is 0 Å². The minimum absolute atomic E-state index is 0. The van der Waals surface area contributed by atoms with Gasteiger partial charge in [0.1, 0.15) is 5.65 Å². The van der Waals surface area contributed by atoms with Crippen molar-refractivity contribution in [2.24, 2.45) is 5.73 Å². The Morgan fingerprint density at radius 3 is 2.57 bits per heavy atom. The molecule has 2 heterocycles. The number of hydrogen-bond donors (Lipinski definition) is 1. The van der Waals surface area contributed by atoms with Crippen molar-refractivity contribution in [3.63, 3.8) is 0 Å². The lowest BCUT2D eigenvalue weighted by molar-refractivity contribution is 0.682. The third kappa shape index (κ3) is 3.00. The smallest absolute Gasteiger partial charge is 0.141 e. The molecule has 5 heteroatoms. The Kier molecular flexibility index (Phi) is 6.02. The van der Waals surface area contributed by atoms with Gasteiger partial charge in [0.2, 0.25) is 0 Å². The van der Waals surface area contributed by atoms with Crippen LogP contribution in [0.15, 0.2) is 30.3 Å². The number of benzene rings is 1. The maximum absolute atomic E-state index is 5.66. The minimum atomic E-state index is 0. The highest BCUT2D eigenvalue weighted by Gasteiger charge is 2.13. The Bertz CT molecular complexity index is 750. The van der Waals surface area contributed by atoms with E-state index in [1.54, 1.807) is 0 Å². The molecule has 1 aromatic carbocycles. The van der Waals surface area contributed by atoms with E-state index in [2.05, 4.69) is 48.7 Å². The van der Waals surface area contributed by atoms with Crippen molar-refractivity contribution < 1.29 is 0 Å². The van der Waals surface area contributed by atoms with Gasteiger partial charge in [-0.1, -0.05) is 18.2 Å². The number of aryl methyl sites for hydroxylation is 3. The molecule has 2 N–H and O–H groups in total. The summed E-state index contributed by atoms with van der Waals surface area (Å²) in [6.45, 7) is 5.85. The monoisotopic (exact) mass is 325 g/mol. The molecule has 3 nitrogen and oxygen atoms in total. The third-order valence-electron chi connectivity index (χ3n) is 3.63. The van der Waals surface area contributed by atoms with Crippen molar-refractivity contribution in [1.82, 2.24) is 9.55 Å². The summed E-state index contributed by atoms with van der Waals surface area (Å²) in [6.07, 6.45) is 0.975. The molecule has 0 aliphatic heterocycles. The number of nitrogens with zero attached hydrogens (tertiary/aromatic N) is 2. The van der Waals surface area contributed by atoms with Crippen LogP contribution in [0.3, 0.4) is 0 Å². The van der Waals surface area contributed by atoms with Crippen molar-refractivity contribution in [1.29, 1.82) is 0 Å². The number of nitrogens with two attached hydrogens (primary N) is 1. The van der Waals surface area contributed by atoms with E-state index in [4.69, 9.17) is 10.7 Å². The second-order valence-corrected chi connectivity index (χ2v) is 5.09. The van der Waals surface area contributed by atoms with E-state index in [9.17, 15) is 0 Å². The lowest BCUT2D eigenvalue weighted by Crippen LogP contribution is -2.06. The molecule has 3 aromatic rings. The fourth-order valence-electron chi connectivity index (χ4n) is 2.86. The van der Waals surface area contributed by atoms with Gasteiger partial charge in [-0.25, -0.2) is 4.98 Å². The van der Waals surface area contributed by atoms with Crippen molar-refractivity contribution in [3.05, 3.63) is 41.6 Å². The normalized spacial score (nSPS) is 10.4. The second kappa shape index (κ2) is 7.12. The Morgan fingerprint density at radius 2 is 1.86 bits per heavy atom. The van der Waals surface area contributed by atoms with Gasteiger partial charge in [-0.15, -0.1) is 24.8 Å². The standard InChI is InChI=1S/C16H19N3.2ClH/c1-11-10-12(2)18-16-15(11)13-6-3-4-7-14(13)19(16)9-5-8-17;;/h3-4,6-7,10H,5,8-9,17H2,1-2H3;2*1H. The van der Waals surface area contributed by atoms with Crippen LogP contribution >= 0.6 is 24.8 Å². The third-order valence-corrected chi connectivity index (χ3v) is 3.63. The van der Waals surface area contributed by atoms with Crippen LogP contribution < -0.4 is 5.73 Å². The van der Waals surface area contributed by atoms with Crippen molar-refractivity contribution >= 4 is 46.8 Å². The number of para-hydroxylation sites is 1. The fraction of sp³-hybridized carbons (Fsp3) is 0.312. The molecule has 0 saturated carbocycles. The molecule has 0 atom stereocenters. The van der Waals surface area contributed by atoms with Crippen LogP contribution in [0.5, 0.6) is 0 Å². The van der Waals surface area contributed by atoms with Crippen molar-refractivity contribution in [2.75, 3.05) is 6.54 Å². The first-order valence-corrected chi connectivity index (χ1v) is 6.77. The molecular formula is C16H21Cl2N3. The quantitative estimate of drug-likeness (QED) is 0.791. The SMILES string of the molecule is Cc1cc(C)c2c3ccccc3n(CCCN)c2n1.Cl.Cl. The lowest BCUT2D eigenvalue weighted by atomic mass is 10.1. The largest absolute Gasteiger partial charge is 0.330 e. The average molecular weight is 326 g/mol. The van der Waals surface area contributed by atoms with Gasteiger partial charge in [-0.3, -0.25) is 0 Å². The summed E-state index contributed by atoms with van der Waals surface area (Å²) in [5.74, 6) is 0. The van der Waals surface area contributed by atoms with Crippen LogP contribution in [0.4, 0.5) is 0 Å². The number of halogens is 2. The highest BCUT2D eigenvalue weighted by atomic mass is 35.5. The van der Waals surface area contributed by atoms with Crippen LogP contribution in [0.1, 0.15) is 17.7 Å². The maximum atomic E-state index is 5.66. The summed E-state index contributed by atoms with van der Waals surface area (Å²) in [7, 11) is 0. The number of fused-ring (bicyclic) bond motifs is 3. The summed E-state index contributed by atoms with van der Waals surface area (Å²) in [5.41, 5.74) is 10.4. The van der Waals surface area contributed by atoms with E-state index in [1.807, 2.05) is 0 Å². The number of rotatable bonds is 3. The van der Waals surface area contributed by atoms with Crippen LogP contribution in [0, 0.1) is 13.8 Å². The number of aromatic nitrogens is 2. The highest BCUT2D eigenvalue weighted by Crippen LogP contribution is 2.30. The first-order valence-electron chi connectivity index (χ1n) is 6.77. The Morgan fingerprint density at radius 1 is 1.14 bits per heavy atom. The Labute approximate surface area is 137 Å². The summed E-state index contributed by atoms with van der Waals surface area (Å²) >= 11 is 0. The van der Waals surface area contributed by atoms with Gasteiger partial charge >= 0.3 is 0 Å². The molecular weight excluding hydrogens is 305 g/mol. The van der Waals surface area contributed by atoms with Crippen molar-refractivity contribution in [2.45, 2.75) is 26.8 Å². The zero-order valence-electron chi connectivity index (χ0n) is 12.3. The predicted octanol–water partition coefficient (Wildman–Crippen LogP) is 4.00. The van der Waals surface area contributed by atoms with Crippen LogP contribution in [0.25, 0.3) is 21.9 Å². The van der Waals surface area contributed by atoms with Gasteiger partial charge in [0.15, 0.2) is 0 Å². The van der Waals surface area contributed by atoms with Gasteiger partial charge in [-0.05, 0) is 44.5 Å². The lowest BCUT2D eigenvalue weighted by Gasteiger charge is -2.06. The summed E-state index contributed by atoms with van der Waals surface area (Å²) in [6, 6.07) is 10.7. The zero-order chi connectivity index (χ0) is 13.4. The molecule has 114 valence electrons. The van der Waals surface area contributed by atoms with Gasteiger partial charge < -0.3 is 10.3 Å². The topological polar surface area (TPSA) is 43.8 Å². The average Bonchev–Trinajstić information content (AvgIpc) is 2.70. The molecule has 0 unspecified atom stereocenters. The molecule has 21 heavy (non-hydrogen) atoms. The fourth-order valence-corrected chi connectivity index (χ4v) is 2.86. The highest BCUT2D eigenvalue weighted by molar-refractivity contribution is 6.08. The van der Waals surface area contributed by atoms with Gasteiger partial charge in [-0.2, -0.15) is 0 Å². The van der Waals surface area contributed by atoms with Crippen molar-refractivity contribution in [3.8, 4) is 0 Å². The molecule has 0 fully saturated rings. The summed E-state index contributed by atoms with van der Waals surface area (Å²) in [4.78, 5) is 4.75. The molecule has 0 amide bonds. The summed E-state index contributed by atoms with van der Waals surface area (Å²) in [5, 5.41) is 2.57. The van der Waals surface area contributed by atoms with Gasteiger partial charge in [0, 0.05) is 23.0 Å². The van der Waals surface area contributed by atoms with E-state index in [0.29, 0.717) is 6.54 Å². The van der Waals surface area contributed by atoms with E-state index in [0.717, 1.165) is 24.3 Å². The maximum Gasteiger partial charge on any atom is 0.141 e. The van der Waals surface area contributed by atoms with E-state index >= 15 is 0 Å². The van der Waals surface area contributed by atoms with Gasteiger partial charge in [0.25, 0.3) is 0 Å². The van der Waals surface area contributed by atoms with E-state index in [1.165, 1.54) is 21.9 Å². The van der Waals surface area contributed by atoms with Crippen LogP contribution in [-0.2, 0) is 6.54 Å². The molecule has 0 aliphatic carbocycles. The van der Waals surface area contributed by atoms with Gasteiger partial charge in [0.05, 0.1) is 5.52 Å². The molecule has 0 radical (unpaired) electrons. The molecule has 0 aliphatic rings. The Balaban J connectivity index is 0.00000110. The number of pyridine rings is 1. The van der Waals surface area contributed by atoms with E-state index in [-0.39, 0.29) is 24.8 Å². The second-order valence-electron chi connectivity index (χ2n) is 5.09. The molecule has 0 saturated heterocycles. The molecule has 0 bridgehead atoms.